The molecule has 50 heavy (non-hydrogen) atoms. The number of nitrogens with one attached hydrogen (secondary N) is 3. The number of piperidine rings is 2. The number of nitrogens with zero attached hydrogens (tertiary/aromatic N) is 1. The van der Waals surface area contributed by atoms with Crippen LogP contribution in [-0.4, -0.2) is 41.5 Å². The lowest BCUT2D eigenvalue weighted by Crippen LogP contribution is -2.40. The summed E-state index contributed by atoms with van der Waals surface area (Å²) in [6, 6.07) is 10.3. The normalized spacial score (nSPS) is 21.3. The molecule has 1 amide bonds. The molecule has 2 fully saturated rings. The number of H-pyrrole nitrogens is 2. The van der Waals surface area contributed by atoms with E-state index in [1.54, 1.807) is 6.07 Å². The molecule has 0 aliphatic carbocycles. The van der Waals surface area contributed by atoms with Gasteiger partial charge in [0.1, 0.15) is 11.5 Å². The third-order valence-corrected chi connectivity index (χ3v) is 9.20. The van der Waals surface area contributed by atoms with E-state index in [2.05, 4.69) is 15.6 Å². The van der Waals surface area contributed by atoms with Crippen molar-refractivity contribution >= 4 is 6.09 Å². The molecule has 2 saturated heterocycles. The van der Waals surface area contributed by atoms with Crippen LogP contribution < -0.4 is 16.4 Å². The van der Waals surface area contributed by atoms with Gasteiger partial charge in [0.05, 0.1) is 24.3 Å². The molecule has 2 aliphatic heterocycles. The fraction of sp³-hybridized carbons (Fsp3) is 0.441. The molecule has 3 N–H and O–H groups in total. The number of halogens is 6. The van der Waals surface area contributed by atoms with Gasteiger partial charge in [-0.3, -0.25) is 9.59 Å². The molecule has 16 heteroatoms. The Morgan fingerprint density at radius 1 is 0.780 bits per heavy atom. The van der Waals surface area contributed by atoms with Gasteiger partial charge in [-0.25, -0.2) is 4.79 Å². The fourth-order valence-corrected chi connectivity index (χ4v) is 6.74. The number of carbonyl (C=O) groups is 1. The molecular formula is C34H36F6N4O6. The van der Waals surface area contributed by atoms with E-state index in [4.69, 9.17) is 13.8 Å². The zero-order chi connectivity index (χ0) is 36.4. The number of rotatable bonds is 4. The van der Waals surface area contributed by atoms with E-state index in [1.807, 2.05) is 0 Å². The lowest BCUT2D eigenvalue weighted by atomic mass is 9.85. The average Bonchev–Trinajstić information content (AvgIpc) is 3.71. The molecule has 2 aromatic carbocycles. The topological polar surface area (TPSA) is 134 Å². The molecule has 0 saturated carbocycles. The molecule has 0 bridgehead atoms. The van der Waals surface area contributed by atoms with Gasteiger partial charge in [-0.1, -0.05) is 24.3 Å². The van der Waals surface area contributed by atoms with Crippen LogP contribution in [-0.2, 0) is 17.1 Å². The van der Waals surface area contributed by atoms with Gasteiger partial charge in [-0.15, -0.1) is 0 Å². The number of alkyl halides is 6. The zero-order valence-corrected chi connectivity index (χ0v) is 27.3. The highest BCUT2D eigenvalue weighted by Gasteiger charge is 2.38. The lowest BCUT2D eigenvalue weighted by Gasteiger charge is -2.38. The fourth-order valence-electron chi connectivity index (χ4n) is 6.74. The highest BCUT2D eigenvalue weighted by atomic mass is 19.4. The Balaban J connectivity index is 0.000000197. The van der Waals surface area contributed by atoms with E-state index < -0.39 is 35.6 Å². The van der Waals surface area contributed by atoms with Crippen molar-refractivity contribution in [3.63, 3.8) is 0 Å². The Labute approximate surface area is 281 Å². The van der Waals surface area contributed by atoms with Gasteiger partial charge in [0.25, 0.3) is 11.1 Å². The molecule has 2 unspecified atom stereocenters. The van der Waals surface area contributed by atoms with Crippen LogP contribution in [0.2, 0.25) is 0 Å². The first-order valence-electron chi connectivity index (χ1n) is 15.9. The third-order valence-electron chi connectivity index (χ3n) is 9.20. The van der Waals surface area contributed by atoms with E-state index in [-0.39, 0.29) is 40.1 Å². The minimum Gasteiger partial charge on any atom is -0.453 e. The van der Waals surface area contributed by atoms with Crippen molar-refractivity contribution in [2.75, 3.05) is 20.2 Å². The Hall–Kier alpha value is -4.73. The van der Waals surface area contributed by atoms with Crippen LogP contribution in [0, 0.1) is 13.8 Å². The molecule has 6 rings (SSSR count). The molecular weight excluding hydrogens is 674 g/mol. The minimum atomic E-state index is -4.44. The summed E-state index contributed by atoms with van der Waals surface area (Å²) in [7, 11) is 1.26. The molecule has 10 nitrogen and oxygen atoms in total. The zero-order valence-electron chi connectivity index (χ0n) is 27.3. The minimum absolute atomic E-state index is 0.0602. The summed E-state index contributed by atoms with van der Waals surface area (Å²) >= 11 is 0. The third kappa shape index (κ3) is 8.34. The number of aryl methyl sites for hydroxylation is 2. The second-order valence-corrected chi connectivity index (χ2v) is 12.5. The van der Waals surface area contributed by atoms with Crippen molar-refractivity contribution < 1.29 is 44.9 Å². The summed E-state index contributed by atoms with van der Waals surface area (Å²) in [6.07, 6.45) is -6.88. The molecule has 0 spiro atoms. The smallest absolute Gasteiger partial charge is 0.416 e. The Kier molecular flexibility index (Phi) is 10.7. The average molecular weight is 711 g/mol. The molecule has 4 aromatic rings. The Morgan fingerprint density at radius 2 is 1.30 bits per heavy atom. The van der Waals surface area contributed by atoms with E-state index >= 15 is 0 Å². The maximum atomic E-state index is 13.0. The number of amides is 1. The van der Waals surface area contributed by atoms with Gasteiger partial charge >= 0.3 is 18.4 Å². The molecule has 0 radical (unpaired) electrons. The monoisotopic (exact) mass is 710 g/mol. The van der Waals surface area contributed by atoms with Crippen molar-refractivity contribution in [3.8, 4) is 0 Å². The number of likely N-dealkylation sites (tertiary alicyclic amines) is 1. The van der Waals surface area contributed by atoms with E-state index in [0.29, 0.717) is 49.4 Å². The first-order valence-corrected chi connectivity index (χ1v) is 15.9. The van der Waals surface area contributed by atoms with Gasteiger partial charge in [0.2, 0.25) is 0 Å². The summed E-state index contributed by atoms with van der Waals surface area (Å²) in [5.74, 6) is 1.00. The van der Waals surface area contributed by atoms with Crippen molar-refractivity contribution in [2.24, 2.45) is 0 Å². The van der Waals surface area contributed by atoms with Gasteiger partial charge in [0, 0.05) is 36.6 Å². The molecule has 4 heterocycles. The highest BCUT2D eigenvalue weighted by Crippen LogP contribution is 2.41. The summed E-state index contributed by atoms with van der Waals surface area (Å²) in [6.45, 7) is 3.90. The van der Waals surface area contributed by atoms with Crippen molar-refractivity contribution in [1.29, 1.82) is 0 Å². The van der Waals surface area contributed by atoms with Gasteiger partial charge < -0.3 is 24.0 Å². The summed E-state index contributed by atoms with van der Waals surface area (Å²) in [4.78, 5) is 36.2. The maximum absolute atomic E-state index is 13.0. The number of aromatic amines is 2. The van der Waals surface area contributed by atoms with Crippen LogP contribution in [0.3, 0.4) is 0 Å². The van der Waals surface area contributed by atoms with E-state index in [9.17, 15) is 40.7 Å². The highest BCUT2D eigenvalue weighted by molar-refractivity contribution is 5.68. The molecule has 4 atom stereocenters. The van der Waals surface area contributed by atoms with Crippen LogP contribution in [0.1, 0.15) is 94.5 Å². The van der Waals surface area contributed by atoms with E-state index in [1.165, 1.54) is 56.2 Å². The molecule has 2 aliphatic rings. The van der Waals surface area contributed by atoms with Crippen LogP contribution in [0.15, 0.2) is 67.2 Å². The van der Waals surface area contributed by atoms with Gasteiger partial charge in [-0.2, -0.15) is 36.7 Å². The predicted molar refractivity (Wildman–Crippen MR) is 168 cm³/mol. The lowest BCUT2D eigenvalue weighted by molar-refractivity contribution is -0.138. The first-order chi connectivity index (χ1) is 23.5. The molecule has 2 aromatic heterocycles. The van der Waals surface area contributed by atoms with E-state index in [0.717, 1.165) is 24.1 Å². The largest absolute Gasteiger partial charge is 0.453 e. The summed E-state index contributed by atoms with van der Waals surface area (Å²) < 4.78 is 92.8. The van der Waals surface area contributed by atoms with Gasteiger partial charge in [0.15, 0.2) is 0 Å². The second-order valence-electron chi connectivity index (χ2n) is 12.5. The maximum Gasteiger partial charge on any atom is 0.416 e. The number of hydrogen-bond acceptors (Lipinski definition) is 7. The SMILES string of the molecule is COC(=O)N1CCC(c2cc(=O)[nH]o2)CC1c1ccc(C(F)(F)F)c(C)c1.Cc1cc([C@@H]2C[C@@H](c3cc(=O)[nH]o3)CCN2)ccc1C(F)(F)F. The number of aromatic nitrogens is 2. The summed E-state index contributed by atoms with van der Waals surface area (Å²) in [5.41, 5.74) is -0.258. The quantitative estimate of drug-likeness (QED) is 0.187. The number of methoxy groups -OCH3 is 1. The van der Waals surface area contributed by atoms with Gasteiger partial charge in [-0.05, 0) is 80.5 Å². The first kappa shape index (κ1) is 36.5. The second kappa shape index (κ2) is 14.6. The van der Waals surface area contributed by atoms with Crippen molar-refractivity contribution in [1.82, 2.24) is 20.5 Å². The van der Waals surface area contributed by atoms with Crippen LogP contribution in [0.4, 0.5) is 31.1 Å². The number of ether oxygens (including phenoxy) is 1. The molecule has 270 valence electrons. The Morgan fingerprint density at radius 3 is 1.78 bits per heavy atom. The van der Waals surface area contributed by atoms with Crippen LogP contribution in [0.25, 0.3) is 0 Å². The van der Waals surface area contributed by atoms with Crippen molar-refractivity contribution in [2.45, 2.75) is 75.8 Å². The number of hydrogen-bond donors (Lipinski definition) is 3. The predicted octanol–water partition coefficient (Wildman–Crippen LogP) is 7.49. The van der Waals surface area contributed by atoms with Crippen molar-refractivity contribution in [3.05, 3.63) is 114 Å². The standard InChI is InChI=1S/C18H19F3N2O4.C16H17F3N2O2/c1-10-7-11(3-4-13(10)18(19,20)21)14-8-12(15-9-16(24)22-27-15)5-6-23(14)17(25)26-2;1-9-6-10(2-3-12(9)16(17,18)19)13-7-11(4-5-20-13)14-8-15(22)21-23-14/h3-4,7,9,12,14H,5-6,8H2,1-2H3,(H,22,24);2-3,6,8,11,13,20H,4-5,7H2,1H3,(H,21,22)/t;11-,13-/m.0/s1. The summed E-state index contributed by atoms with van der Waals surface area (Å²) in [5, 5.41) is 7.83. The van der Waals surface area contributed by atoms with Crippen LogP contribution in [0.5, 0.6) is 0 Å². The Bertz CT molecular complexity index is 1910. The number of benzene rings is 2. The number of carbonyl (C=O) groups excluding carboxylic acids is 1. The van der Waals surface area contributed by atoms with Crippen LogP contribution >= 0.6 is 0 Å².